The molecule has 0 fully saturated rings. The van der Waals surface area contributed by atoms with Crippen LogP contribution in [0.2, 0.25) is 15.5 Å². The average molecular weight is 171 g/mol. The molecule has 0 aliphatic carbocycles. The van der Waals surface area contributed by atoms with Crippen molar-refractivity contribution in [3.8, 4) is 0 Å². The highest BCUT2D eigenvalue weighted by molar-refractivity contribution is 6.42. The molecule has 0 saturated carbocycles. The van der Waals surface area contributed by atoms with E-state index in [1.807, 2.05) is 0 Å². The largest absolute Gasteiger partial charge is 0.432 e. The Bertz CT molecular complexity index is 174. The second kappa shape index (κ2) is 2.18. The minimum atomic E-state index is 0.136. The van der Waals surface area contributed by atoms with Gasteiger partial charge in [0.25, 0.3) is 0 Å². The predicted molar refractivity (Wildman–Crippen MR) is 33.7 cm³/mol. The lowest BCUT2D eigenvalue weighted by Gasteiger charge is -1.74. The maximum absolute atomic E-state index is 5.42. The van der Waals surface area contributed by atoms with Gasteiger partial charge in [-0.15, -0.1) is 0 Å². The third-order valence-electron chi connectivity index (χ3n) is 0.615. The van der Waals surface area contributed by atoms with Crippen molar-refractivity contribution in [1.82, 2.24) is 0 Å². The van der Waals surface area contributed by atoms with Gasteiger partial charge in [0.2, 0.25) is 5.22 Å². The minimum Gasteiger partial charge on any atom is -0.432 e. The predicted octanol–water partition coefficient (Wildman–Crippen LogP) is 3.24. The van der Waals surface area contributed by atoms with E-state index in [0.717, 1.165) is 0 Å². The molecule has 0 bridgehead atoms. The highest BCUT2D eigenvalue weighted by Gasteiger charge is 2.02. The number of rotatable bonds is 0. The Balaban J connectivity index is 3.14. The smallest absolute Gasteiger partial charge is 0.213 e. The Morgan fingerprint density at radius 1 is 1.25 bits per heavy atom. The topological polar surface area (TPSA) is 13.1 Å². The number of furan rings is 1. The molecule has 8 heavy (non-hydrogen) atoms. The van der Waals surface area contributed by atoms with Gasteiger partial charge in [0.15, 0.2) is 5.22 Å². The van der Waals surface area contributed by atoms with Gasteiger partial charge in [-0.05, 0) is 23.2 Å². The van der Waals surface area contributed by atoms with Crippen molar-refractivity contribution in [2.45, 2.75) is 0 Å². The first-order valence-corrected chi connectivity index (χ1v) is 2.94. The van der Waals surface area contributed by atoms with E-state index < -0.39 is 0 Å². The third kappa shape index (κ3) is 1.10. The van der Waals surface area contributed by atoms with Crippen LogP contribution in [0, 0.1) is 0 Å². The summed E-state index contributed by atoms with van der Waals surface area (Å²) < 4.78 is 4.61. The van der Waals surface area contributed by atoms with E-state index in [-0.39, 0.29) is 10.4 Å². The molecule has 0 saturated heterocycles. The van der Waals surface area contributed by atoms with Crippen LogP contribution in [0.1, 0.15) is 0 Å². The quantitative estimate of drug-likeness (QED) is 0.584. The molecule has 4 heteroatoms. The molecular formula is C4HCl3O. The van der Waals surface area contributed by atoms with Crippen LogP contribution in [-0.4, -0.2) is 0 Å². The summed E-state index contributed by atoms with van der Waals surface area (Å²) in [5.74, 6) is 0. The van der Waals surface area contributed by atoms with Crippen LogP contribution in [0.4, 0.5) is 0 Å². The van der Waals surface area contributed by atoms with Crippen molar-refractivity contribution in [2.75, 3.05) is 0 Å². The number of halogens is 3. The summed E-state index contributed by atoms with van der Waals surface area (Å²) in [5.41, 5.74) is 0. The molecule has 0 amide bonds. The molecule has 0 atom stereocenters. The molecule has 44 valence electrons. The van der Waals surface area contributed by atoms with Crippen molar-refractivity contribution in [3.05, 3.63) is 21.5 Å². The van der Waals surface area contributed by atoms with E-state index in [1.165, 1.54) is 6.07 Å². The lowest BCUT2D eigenvalue weighted by molar-refractivity contribution is 0.571. The molecular weight excluding hydrogens is 170 g/mol. The fourth-order valence-corrected chi connectivity index (χ4v) is 0.877. The average Bonchev–Trinajstić information content (AvgIpc) is 1.85. The van der Waals surface area contributed by atoms with E-state index in [0.29, 0.717) is 5.02 Å². The van der Waals surface area contributed by atoms with E-state index in [2.05, 4.69) is 4.42 Å². The number of hydrogen-bond acceptors (Lipinski definition) is 1. The van der Waals surface area contributed by atoms with E-state index in [4.69, 9.17) is 34.8 Å². The van der Waals surface area contributed by atoms with Gasteiger partial charge in [-0.1, -0.05) is 11.6 Å². The molecule has 0 spiro atoms. The maximum Gasteiger partial charge on any atom is 0.213 e. The van der Waals surface area contributed by atoms with E-state index in [9.17, 15) is 0 Å². The van der Waals surface area contributed by atoms with Crippen molar-refractivity contribution in [2.24, 2.45) is 0 Å². The Morgan fingerprint density at radius 2 is 1.88 bits per heavy atom. The molecule has 1 heterocycles. The van der Waals surface area contributed by atoms with E-state index in [1.54, 1.807) is 0 Å². The van der Waals surface area contributed by atoms with Gasteiger partial charge in [0.1, 0.15) is 0 Å². The maximum atomic E-state index is 5.42. The Morgan fingerprint density at radius 3 is 2.00 bits per heavy atom. The Hall–Kier alpha value is 0.150. The fourth-order valence-electron chi connectivity index (χ4n) is 0.320. The monoisotopic (exact) mass is 170 g/mol. The summed E-state index contributed by atoms with van der Waals surface area (Å²) in [5, 5.41) is 0.688. The zero-order valence-electron chi connectivity index (χ0n) is 3.62. The minimum absolute atomic E-state index is 0.136. The zero-order valence-corrected chi connectivity index (χ0v) is 5.89. The standard InChI is InChI=1S/C4HCl3O/c5-2-1-3(6)8-4(2)7/h1H. The van der Waals surface area contributed by atoms with Crippen molar-refractivity contribution >= 4 is 34.8 Å². The highest BCUT2D eigenvalue weighted by Crippen LogP contribution is 2.27. The van der Waals surface area contributed by atoms with Gasteiger partial charge in [-0.25, -0.2) is 0 Å². The van der Waals surface area contributed by atoms with E-state index >= 15 is 0 Å². The van der Waals surface area contributed by atoms with Gasteiger partial charge < -0.3 is 4.42 Å². The van der Waals surface area contributed by atoms with Crippen LogP contribution in [-0.2, 0) is 0 Å². The molecule has 0 aliphatic heterocycles. The lowest BCUT2D eigenvalue weighted by atomic mass is 10.7. The first kappa shape index (κ1) is 6.27. The van der Waals surface area contributed by atoms with Crippen molar-refractivity contribution in [1.29, 1.82) is 0 Å². The summed E-state index contributed by atoms with van der Waals surface area (Å²) in [6.07, 6.45) is 0. The van der Waals surface area contributed by atoms with Crippen molar-refractivity contribution < 1.29 is 4.42 Å². The lowest BCUT2D eigenvalue weighted by Crippen LogP contribution is -1.45. The second-order valence-electron chi connectivity index (χ2n) is 1.17. The molecule has 1 aromatic heterocycles. The first-order valence-electron chi connectivity index (χ1n) is 1.80. The normalized spacial score (nSPS) is 9.88. The van der Waals surface area contributed by atoms with Crippen LogP contribution in [0.25, 0.3) is 0 Å². The summed E-state index contributed by atoms with van der Waals surface area (Å²) in [4.78, 5) is 0. The van der Waals surface area contributed by atoms with Gasteiger partial charge in [-0.2, -0.15) is 0 Å². The summed E-state index contributed by atoms with van der Waals surface area (Å²) in [6, 6.07) is 1.44. The SMILES string of the molecule is Clc1cc(Cl)c(Cl)o1. The second-order valence-corrected chi connectivity index (χ2v) is 2.30. The third-order valence-corrected chi connectivity index (χ3v) is 1.46. The van der Waals surface area contributed by atoms with Crippen molar-refractivity contribution in [3.63, 3.8) is 0 Å². The summed E-state index contributed by atoms with van der Waals surface area (Å²) >= 11 is 16.1. The molecule has 0 unspecified atom stereocenters. The van der Waals surface area contributed by atoms with Gasteiger partial charge in [0, 0.05) is 6.07 Å². The van der Waals surface area contributed by atoms with Crippen LogP contribution < -0.4 is 0 Å². The molecule has 1 aromatic rings. The first-order chi connectivity index (χ1) is 3.70. The summed E-state index contributed by atoms with van der Waals surface area (Å²) in [6.45, 7) is 0. The molecule has 0 N–H and O–H groups in total. The van der Waals surface area contributed by atoms with Gasteiger partial charge >= 0.3 is 0 Å². The highest BCUT2D eigenvalue weighted by atomic mass is 35.5. The van der Waals surface area contributed by atoms with Crippen LogP contribution in [0.3, 0.4) is 0 Å². The van der Waals surface area contributed by atoms with Crippen LogP contribution >= 0.6 is 34.8 Å². The number of hydrogen-bond donors (Lipinski definition) is 0. The zero-order chi connectivity index (χ0) is 6.15. The fraction of sp³-hybridized carbons (Fsp3) is 0. The van der Waals surface area contributed by atoms with Crippen LogP contribution in [0.15, 0.2) is 10.5 Å². The van der Waals surface area contributed by atoms with Gasteiger partial charge in [-0.3, -0.25) is 0 Å². The molecule has 0 radical (unpaired) electrons. The Labute approximate surface area is 61.1 Å². The molecule has 0 aromatic carbocycles. The van der Waals surface area contributed by atoms with Gasteiger partial charge in [0.05, 0.1) is 5.02 Å². The molecule has 1 rings (SSSR count). The molecule has 0 aliphatic rings. The van der Waals surface area contributed by atoms with Crippen LogP contribution in [0.5, 0.6) is 0 Å². The Kier molecular flexibility index (Phi) is 1.71. The molecule has 1 nitrogen and oxygen atoms in total. The summed E-state index contributed by atoms with van der Waals surface area (Å²) in [7, 11) is 0.